The minimum absolute atomic E-state index is 0.180. The molecule has 0 bridgehead atoms. The van der Waals surface area contributed by atoms with Gasteiger partial charge in [-0.05, 0) is 42.6 Å². The number of aromatic nitrogens is 1. The van der Waals surface area contributed by atoms with E-state index in [1.807, 2.05) is 6.07 Å². The van der Waals surface area contributed by atoms with Crippen molar-refractivity contribution in [3.8, 4) is 0 Å². The first kappa shape index (κ1) is 17.8. The van der Waals surface area contributed by atoms with Crippen molar-refractivity contribution in [2.24, 2.45) is 17.8 Å². The average Bonchev–Trinajstić information content (AvgIpc) is 2.99. The third-order valence-electron chi connectivity index (χ3n) is 5.86. The SMILES string of the molecule is CC1CC(C(C)C)CC(On2ccoc2=O)([C@@H](C)c2ccccc2)C1. The first-order chi connectivity index (χ1) is 11.9. The van der Waals surface area contributed by atoms with Crippen LogP contribution in [-0.4, -0.2) is 10.3 Å². The second-order valence-corrected chi connectivity index (χ2v) is 8.04. The van der Waals surface area contributed by atoms with Gasteiger partial charge >= 0.3 is 5.76 Å². The Bertz CT molecular complexity index is 733. The maximum atomic E-state index is 12.0. The molecule has 1 heterocycles. The molecule has 0 spiro atoms. The lowest BCUT2D eigenvalue weighted by atomic mass is 9.64. The molecule has 3 rings (SSSR count). The Morgan fingerprint density at radius 1 is 1.20 bits per heavy atom. The molecule has 2 aromatic rings. The van der Waals surface area contributed by atoms with E-state index in [2.05, 4.69) is 52.0 Å². The number of hydrogen-bond acceptors (Lipinski definition) is 3. The molecule has 4 heteroatoms. The normalized spacial score (nSPS) is 28.0. The van der Waals surface area contributed by atoms with Gasteiger partial charge in [-0.3, -0.25) is 0 Å². The molecule has 1 aliphatic carbocycles. The van der Waals surface area contributed by atoms with E-state index in [-0.39, 0.29) is 5.92 Å². The highest BCUT2D eigenvalue weighted by Gasteiger charge is 2.47. The van der Waals surface area contributed by atoms with Crippen molar-refractivity contribution in [2.45, 2.75) is 58.5 Å². The number of rotatable bonds is 5. The zero-order chi connectivity index (χ0) is 18.0. The van der Waals surface area contributed by atoms with Crippen molar-refractivity contribution in [3.05, 3.63) is 58.9 Å². The van der Waals surface area contributed by atoms with Gasteiger partial charge in [-0.1, -0.05) is 58.0 Å². The molecule has 3 unspecified atom stereocenters. The molecule has 0 N–H and O–H groups in total. The highest BCUT2D eigenvalue weighted by Crippen LogP contribution is 2.47. The molecule has 1 aromatic carbocycles. The van der Waals surface area contributed by atoms with E-state index in [1.54, 1.807) is 6.20 Å². The van der Waals surface area contributed by atoms with Crippen LogP contribution in [0, 0.1) is 17.8 Å². The van der Waals surface area contributed by atoms with Crippen molar-refractivity contribution >= 4 is 0 Å². The molecule has 0 saturated heterocycles. The Morgan fingerprint density at radius 3 is 2.52 bits per heavy atom. The minimum Gasteiger partial charge on any atom is -0.414 e. The van der Waals surface area contributed by atoms with Gasteiger partial charge in [0.2, 0.25) is 0 Å². The van der Waals surface area contributed by atoms with Crippen LogP contribution in [0.15, 0.2) is 52.0 Å². The Kier molecular flexibility index (Phi) is 5.07. The Morgan fingerprint density at radius 2 is 1.92 bits per heavy atom. The highest BCUT2D eigenvalue weighted by atomic mass is 16.7. The van der Waals surface area contributed by atoms with Crippen LogP contribution in [0.4, 0.5) is 0 Å². The molecule has 1 aromatic heterocycles. The van der Waals surface area contributed by atoms with Crippen LogP contribution in [-0.2, 0) is 0 Å². The lowest BCUT2D eigenvalue weighted by Crippen LogP contribution is -2.52. The highest BCUT2D eigenvalue weighted by molar-refractivity contribution is 5.23. The summed E-state index contributed by atoms with van der Waals surface area (Å²) in [4.78, 5) is 18.4. The average molecular weight is 343 g/mol. The largest absolute Gasteiger partial charge is 0.452 e. The van der Waals surface area contributed by atoms with Gasteiger partial charge < -0.3 is 9.25 Å². The number of benzene rings is 1. The molecule has 1 fully saturated rings. The predicted octanol–water partition coefficient (Wildman–Crippen LogP) is 4.50. The van der Waals surface area contributed by atoms with Gasteiger partial charge in [-0.15, -0.1) is 4.73 Å². The van der Waals surface area contributed by atoms with E-state index in [0.29, 0.717) is 17.8 Å². The van der Waals surface area contributed by atoms with Gasteiger partial charge in [-0.2, -0.15) is 0 Å². The summed E-state index contributed by atoms with van der Waals surface area (Å²) in [7, 11) is 0. The maximum Gasteiger partial charge on any atom is 0.452 e. The summed E-state index contributed by atoms with van der Waals surface area (Å²) in [6.45, 7) is 9.08. The molecule has 1 aliphatic rings. The van der Waals surface area contributed by atoms with E-state index in [9.17, 15) is 4.79 Å². The fourth-order valence-electron chi connectivity index (χ4n) is 4.38. The molecule has 1 saturated carbocycles. The zero-order valence-electron chi connectivity index (χ0n) is 15.6. The van der Waals surface area contributed by atoms with Gasteiger partial charge in [0.1, 0.15) is 11.9 Å². The van der Waals surface area contributed by atoms with Crippen LogP contribution < -0.4 is 10.6 Å². The Hall–Kier alpha value is -1.97. The lowest BCUT2D eigenvalue weighted by Gasteiger charge is -2.47. The van der Waals surface area contributed by atoms with Gasteiger partial charge in [-0.25, -0.2) is 4.79 Å². The molecule has 0 amide bonds. The molecule has 0 aliphatic heterocycles. The summed E-state index contributed by atoms with van der Waals surface area (Å²) in [5.41, 5.74) is 0.831. The number of oxazole rings is 1. The molecular formula is C21H29NO3. The van der Waals surface area contributed by atoms with Gasteiger partial charge in [0.05, 0.1) is 6.20 Å². The van der Waals surface area contributed by atoms with E-state index in [1.165, 1.54) is 23.0 Å². The third-order valence-corrected chi connectivity index (χ3v) is 5.86. The van der Waals surface area contributed by atoms with Gasteiger partial charge in [0.25, 0.3) is 0 Å². The van der Waals surface area contributed by atoms with Gasteiger partial charge in [0, 0.05) is 5.92 Å². The topological polar surface area (TPSA) is 44.4 Å². The molecule has 4 nitrogen and oxygen atoms in total. The van der Waals surface area contributed by atoms with E-state index in [0.717, 1.165) is 12.8 Å². The fourth-order valence-corrected chi connectivity index (χ4v) is 4.38. The Balaban J connectivity index is 2.01. The van der Waals surface area contributed by atoms with Crippen LogP contribution >= 0.6 is 0 Å². The van der Waals surface area contributed by atoms with Crippen LogP contribution in [0.25, 0.3) is 0 Å². The first-order valence-electron chi connectivity index (χ1n) is 9.32. The summed E-state index contributed by atoms with van der Waals surface area (Å²) in [5.74, 6) is 1.45. The third kappa shape index (κ3) is 3.68. The summed E-state index contributed by atoms with van der Waals surface area (Å²) in [5, 5.41) is 0. The molecule has 0 radical (unpaired) electrons. The standard InChI is InChI=1S/C21H29NO3/c1-15(2)19-12-16(3)13-21(14-19,25-22-10-11-24-20(22)23)17(4)18-8-6-5-7-9-18/h5-11,15-17,19H,12-14H2,1-4H3/t16?,17-,19?,21?/m0/s1. The molecule has 4 atom stereocenters. The lowest BCUT2D eigenvalue weighted by molar-refractivity contribution is -0.124. The Labute approximate surface area is 149 Å². The number of nitrogens with zero attached hydrogens (tertiary/aromatic N) is 1. The van der Waals surface area contributed by atoms with Crippen LogP contribution in [0.1, 0.15) is 58.4 Å². The second-order valence-electron chi connectivity index (χ2n) is 8.04. The quantitative estimate of drug-likeness (QED) is 0.802. The molecule has 25 heavy (non-hydrogen) atoms. The monoisotopic (exact) mass is 343 g/mol. The van der Waals surface area contributed by atoms with Crippen LogP contribution in [0.3, 0.4) is 0 Å². The van der Waals surface area contributed by atoms with E-state index < -0.39 is 11.4 Å². The van der Waals surface area contributed by atoms with Crippen LogP contribution in [0.2, 0.25) is 0 Å². The van der Waals surface area contributed by atoms with Gasteiger partial charge in [0.15, 0.2) is 0 Å². The smallest absolute Gasteiger partial charge is 0.414 e. The minimum atomic E-state index is -0.459. The van der Waals surface area contributed by atoms with Crippen molar-refractivity contribution in [1.82, 2.24) is 4.73 Å². The predicted molar refractivity (Wildman–Crippen MR) is 98.5 cm³/mol. The second kappa shape index (κ2) is 7.11. The van der Waals surface area contributed by atoms with Crippen molar-refractivity contribution in [2.75, 3.05) is 0 Å². The summed E-state index contributed by atoms with van der Waals surface area (Å²) in [6, 6.07) is 10.5. The van der Waals surface area contributed by atoms with Crippen LogP contribution in [0.5, 0.6) is 0 Å². The van der Waals surface area contributed by atoms with E-state index in [4.69, 9.17) is 9.25 Å². The first-order valence-corrected chi connectivity index (χ1v) is 9.32. The summed E-state index contributed by atoms with van der Waals surface area (Å²) < 4.78 is 6.19. The molecular weight excluding hydrogens is 314 g/mol. The number of hydrogen-bond donors (Lipinski definition) is 0. The molecule has 136 valence electrons. The van der Waals surface area contributed by atoms with Crippen molar-refractivity contribution in [1.29, 1.82) is 0 Å². The van der Waals surface area contributed by atoms with E-state index >= 15 is 0 Å². The summed E-state index contributed by atoms with van der Waals surface area (Å²) >= 11 is 0. The maximum absolute atomic E-state index is 12.0. The summed E-state index contributed by atoms with van der Waals surface area (Å²) in [6.07, 6.45) is 6.05. The zero-order valence-corrected chi connectivity index (χ0v) is 15.6. The fraction of sp³-hybridized carbons (Fsp3) is 0.571. The van der Waals surface area contributed by atoms with Crippen molar-refractivity contribution < 1.29 is 9.25 Å². The van der Waals surface area contributed by atoms with Crippen molar-refractivity contribution in [3.63, 3.8) is 0 Å².